The summed E-state index contributed by atoms with van der Waals surface area (Å²) in [6.07, 6.45) is 8.63. The molecule has 1 saturated carbocycles. The minimum Gasteiger partial charge on any atom is -0.337 e. The summed E-state index contributed by atoms with van der Waals surface area (Å²) in [7, 11) is 0. The van der Waals surface area contributed by atoms with Crippen LogP contribution in [0.3, 0.4) is 0 Å². The van der Waals surface area contributed by atoms with Crippen LogP contribution in [0.2, 0.25) is 0 Å². The summed E-state index contributed by atoms with van der Waals surface area (Å²) in [5, 5.41) is 10.3. The van der Waals surface area contributed by atoms with Crippen molar-refractivity contribution in [3.05, 3.63) is 41.9 Å². The number of rotatable bonds is 6. The van der Waals surface area contributed by atoms with Crippen LogP contribution >= 0.6 is 0 Å². The van der Waals surface area contributed by atoms with Crippen LogP contribution in [0.1, 0.15) is 36.9 Å². The van der Waals surface area contributed by atoms with Crippen LogP contribution in [0.5, 0.6) is 0 Å². The van der Waals surface area contributed by atoms with Crippen molar-refractivity contribution in [1.29, 1.82) is 0 Å². The lowest BCUT2D eigenvalue weighted by atomic mass is 10.2. The van der Waals surface area contributed by atoms with Gasteiger partial charge in [-0.2, -0.15) is 5.10 Å². The summed E-state index contributed by atoms with van der Waals surface area (Å²) < 4.78 is 1.94. The molecule has 6 heteroatoms. The van der Waals surface area contributed by atoms with Gasteiger partial charge in [-0.15, -0.1) is 0 Å². The normalized spacial score (nSPS) is 15.2. The lowest BCUT2D eigenvalue weighted by molar-refractivity contribution is 0.252. The number of hydrogen-bond donors (Lipinski definition) is 2. The highest BCUT2D eigenvalue weighted by atomic mass is 16.2. The molecule has 122 valence electrons. The Labute approximate surface area is 136 Å². The van der Waals surface area contributed by atoms with Gasteiger partial charge < -0.3 is 5.32 Å². The highest BCUT2D eigenvalue weighted by molar-refractivity contribution is 5.89. The average molecular weight is 313 g/mol. The average Bonchev–Trinajstić information content (AvgIpc) is 3.34. The number of urea groups is 1. The van der Waals surface area contributed by atoms with E-state index in [0.29, 0.717) is 18.5 Å². The number of aromatic nitrogens is 3. The van der Waals surface area contributed by atoms with Gasteiger partial charge in [0.05, 0.1) is 12.2 Å². The summed E-state index contributed by atoms with van der Waals surface area (Å²) in [5.74, 6) is 1.48. The molecule has 0 spiro atoms. The van der Waals surface area contributed by atoms with E-state index in [9.17, 15) is 4.79 Å². The largest absolute Gasteiger partial charge is 0.337 e. The maximum atomic E-state index is 12.1. The van der Waals surface area contributed by atoms with Crippen LogP contribution in [0, 0.1) is 12.8 Å². The van der Waals surface area contributed by atoms with Crippen molar-refractivity contribution >= 4 is 11.8 Å². The molecule has 2 aromatic heterocycles. The topological polar surface area (TPSA) is 71.8 Å². The smallest absolute Gasteiger partial charge is 0.320 e. The molecule has 2 aromatic rings. The molecular weight excluding hydrogens is 290 g/mol. The second kappa shape index (κ2) is 6.81. The van der Waals surface area contributed by atoms with Crippen LogP contribution in [-0.2, 0) is 6.42 Å². The Morgan fingerprint density at radius 1 is 1.43 bits per heavy atom. The van der Waals surface area contributed by atoms with Crippen LogP contribution < -0.4 is 10.6 Å². The number of pyridine rings is 1. The molecule has 0 aromatic carbocycles. The van der Waals surface area contributed by atoms with Gasteiger partial charge in [-0.1, -0.05) is 6.07 Å². The SMILES string of the molecule is Cc1cnn([C@@H](C)C2CC2)c1NC(=O)NCCc1cccnc1. The maximum absolute atomic E-state index is 12.1. The van der Waals surface area contributed by atoms with E-state index in [4.69, 9.17) is 0 Å². The minimum atomic E-state index is -0.193. The number of hydrogen-bond acceptors (Lipinski definition) is 3. The van der Waals surface area contributed by atoms with Crippen molar-refractivity contribution < 1.29 is 4.79 Å². The lowest BCUT2D eigenvalue weighted by Crippen LogP contribution is -2.32. The van der Waals surface area contributed by atoms with E-state index in [-0.39, 0.29) is 6.03 Å². The van der Waals surface area contributed by atoms with E-state index in [0.717, 1.165) is 23.4 Å². The fourth-order valence-electron chi connectivity index (χ4n) is 2.71. The van der Waals surface area contributed by atoms with E-state index in [1.54, 1.807) is 6.20 Å². The first kappa shape index (κ1) is 15.5. The number of nitrogens with zero attached hydrogens (tertiary/aromatic N) is 3. The molecule has 23 heavy (non-hydrogen) atoms. The molecule has 0 aliphatic heterocycles. The predicted molar refractivity (Wildman–Crippen MR) is 89.4 cm³/mol. The van der Waals surface area contributed by atoms with E-state index in [1.807, 2.05) is 36.1 Å². The number of carbonyl (C=O) groups is 1. The molecule has 2 heterocycles. The van der Waals surface area contributed by atoms with Crippen LogP contribution in [-0.4, -0.2) is 27.3 Å². The predicted octanol–water partition coefficient (Wildman–Crippen LogP) is 2.92. The Balaban J connectivity index is 1.54. The molecule has 1 fully saturated rings. The highest BCUT2D eigenvalue weighted by Crippen LogP contribution is 2.40. The fourth-order valence-corrected chi connectivity index (χ4v) is 2.71. The van der Waals surface area contributed by atoms with Gasteiger partial charge in [-0.25, -0.2) is 9.48 Å². The van der Waals surface area contributed by atoms with Crippen molar-refractivity contribution in [2.24, 2.45) is 5.92 Å². The number of amides is 2. The van der Waals surface area contributed by atoms with Crippen LogP contribution in [0.25, 0.3) is 0 Å². The Bertz CT molecular complexity index is 663. The molecule has 0 unspecified atom stereocenters. The van der Waals surface area contributed by atoms with E-state index >= 15 is 0 Å². The number of anilines is 1. The molecule has 1 aliphatic rings. The first-order valence-electron chi connectivity index (χ1n) is 8.13. The first-order valence-corrected chi connectivity index (χ1v) is 8.13. The second-order valence-electron chi connectivity index (χ2n) is 6.19. The van der Waals surface area contributed by atoms with Crippen molar-refractivity contribution in [3.8, 4) is 0 Å². The summed E-state index contributed by atoms with van der Waals surface area (Å²) >= 11 is 0. The van der Waals surface area contributed by atoms with Gasteiger partial charge in [0, 0.05) is 24.5 Å². The summed E-state index contributed by atoms with van der Waals surface area (Å²) in [5.41, 5.74) is 2.09. The Morgan fingerprint density at radius 3 is 2.96 bits per heavy atom. The van der Waals surface area contributed by atoms with Gasteiger partial charge >= 0.3 is 6.03 Å². The van der Waals surface area contributed by atoms with Crippen LogP contribution in [0.4, 0.5) is 10.6 Å². The molecular formula is C17H23N5O. The molecule has 2 amide bonds. The Morgan fingerprint density at radius 2 is 2.26 bits per heavy atom. The quantitative estimate of drug-likeness (QED) is 0.861. The second-order valence-corrected chi connectivity index (χ2v) is 6.19. The van der Waals surface area contributed by atoms with Gasteiger partial charge in [-0.3, -0.25) is 10.3 Å². The number of nitrogens with one attached hydrogen (secondary N) is 2. The van der Waals surface area contributed by atoms with Gasteiger partial charge in [0.25, 0.3) is 0 Å². The zero-order valence-corrected chi connectivity index (χ0v) is 13.6. The molecule has 0 radical (unpaired) electrons. The van der Waals surface area contributed by atoms with Crippen molar-refractivity contribution in [3.63, 3.8) is 0 Å². The molecule has 0 saturated heterocycles. The van der Waals surface area contributed by atoms with Crippen LogP contribution in [0.15, 0.2) is 30.7 Å². The third-order valence-electron chi connectivity index (χ3n) is 4.32. The third kappa shape index (κ3) is 3.88. The standard InChI is InChI=1S/C17H23N5O/c1-12-10-20-22(13(2)15-5-6-15)16(12)21-17(23)19-9-7-14-4-3-8-18-11-14/h3-4,8,10-11,13,15H,5-7,9H2,1-2H3,(H2,19,21,23)/t13-/m0/s1. The van der Waals surface area contributed by atoms with E-state index < -0.39 is 0 Å². The number of carbonyl (C=O) groups excluding carboxylic acids is 1. The Hall–Kier alpha value is -2.37. The highest BCUT2D eigenvalue weighted by Gasteiger charge is 2.31. The maximum Gasteiger partial charge on any atom is 0.320 e. The summed E-state index contributed by atoms with van der Waals surface area (Å²) in [6, 6.07) is 4.04. The molecule has 0 bridgehead atoms. The van der Waals surface area contributed by atoms with Gasteiger partial charge in [0.2, 0.25) is 0 Å². The fraction of sp³-hybridized carbons (Fsp3) is 0.471. The van der Waals surface area contributed by atoms with E-state index in [1.165, 1.54) is 12.8 Å². The lowest BCUT2D eigenvalue weighted by Gasteiger charge is -2.16. The van der Waals surface area contributed by atoms with Crippen molar-refractivity contribution in [1.82, 2.24) is 20.1 Å². The molecule has 6 nitrogen and oxygen atoms in total. The summed E-state index contributed by atoms with van der Waals surface area (Å²) in [4.78, 5) is 16.2. The molecule has 1 aliphatic carbocycles. The van der Waals surface area contributed by atoms with Gasteiger partial charge in [0.15, 0.2) is 0 Å². The summed E-state index contributed by atoms with van der Waals surface area (Å²) in [6.45, 7) is 4.70. The van der Waals surface area contributed by atoms with Gasteiger partial charge in [0.1, 0.15) is 5.82 Å². The third-order valence-corrected chi connectivity index (χ3v) is 4.32. The molecule has 2 N–H and O–H groups in total. The minimum absolute atomic E-state index is 0.193. The molecule has 1 atom stereocenters. The van der Waals surface area contributed by atoms with Crippen molar-refractivity contribution in [2.45, 2.75) is 39.2 Å². The monoisotopic (exact) mass is 313 g/mol. The van der Waals surface area contributed by atoms with E-state index in [2.05, 4.69) is 27.6 Å². The molecule has 3 rings (SSSR count). The Kier molecular flexibility index (Phi) is 4.60. The zero-order chi connectivity index (χ0) is 16.2. The van der Waals surface area contributed by atoms with Crippen molar-refractivity contribution in [2.75, 3.05) is 11.9 Å². The van der Waals surface area contributed by atoms with Gasteiger partial charge in [-0.05, 0) is 50.7 Å². The first-order chi connectivity index (χ1) is 11.1. The number of aryl methyl sites for hydroxylation is 1. The zero-order valence-electron chi connectivity index (χ0n) is 13.6.